The molecule has 0 spiro atoms. The van der Waals surface area contributed by atoms with Crippen LogP contribution in [0.1, 0.15) is 0 Å². The Kier molecular flexibility index (Phi) is 5.26. The minimum atomic E-state index is 0.0141. The highest BCUT2D eigenvalue weighted by Crippen LogP contribution is 2.04. The lowest BCUT2D eigenvalue weighted by Gasteiger charge is -2.33. The molecule has 0 saturated carbocycles. The summed E-state index contributed by atoms with van der Waals surface area (Å²) in [6.07, 6.45) is 3.34. The maximum atomic E-state index is 11.9. The summed E-state index contributed by atoms with van der Waals surface area (Å²) >= 11 is 0. The summed E-state index contributed by atoms with van der Waals surface area (Å²) in [5.41, 5.74) is 6.28. The molecule has 0 bridgehead atoms. The number of pyridine rings is 1. The molecule has 3 N–H and O–H groups in total. The van der Waals surface area contributed by atoms with Gasteiger partial charge in [-0.25, -0.2) is 0 Å². The number of nitrogens with one attached hydrogen (secondary N) is 1. The van der Waals surface area contributed by atoms with Crippen LogP contribution in [0, 0.1) is 0 Å². The van der Waals surface area contributed by atoms with Gasteiger partial charge in [-0.1, -0.05) is 0 Å². The molecule has 6 nitrogen and oxygen atoms in total. The molecule has 1 amide bonds. The molecule has 0 radical (unpaired) electrons. The fourth-order valence-corrected chi connectivity index (χ4v) is 2.19. The fourth-order valence-electron chi connectivity index (χ4n) is 2.19. The van der Waals surface area contributed by atoms with Crippen molar-refractivity contribution in [1.82, 2.24) is 14.8 Å². The zero-order chi connectivity index (χ0) is 13.5. The second-order valence-corrected chi connectivity index (χ2v) is 4.70. The van der Waals surface area contributed by atoms with Gasteiger partial charge in [0.2, 0.25) is 5.91 Å². The van der Waals surface area contributed by atoms with Crippen LogP contribution >= 0.6 is 0 Å². The Morgan fingerprint density at radius 2 is 2.05 bits per heavy atom. The smallest absolute Gasteiger partial charge is 0.238 e. The van der Waals surface area contributed by atoms with Gasteiger partial charge in [0.1, 0.15) is 0 Å². The number of carbonyl (C=O) groups is 1. The fraction of sp³-hybridized carbons (Fsp3) is 0.538. The van der Waals surface area contributed by atoms with Crippen molar-refractivity contribution in [1.29, 1.82) is 0 Å². The van der Waals surface area contributed by atoms with Gasteiger partial charge in [-0.3, -0.25) is 19.6 Å². The summed E-state index contributed by atoms with van der Waals surface area (Å²) in [5, 5.41) is 2.85. The van der Waals surface area contributed by atoms with Crippen LogP contribution in [0.3, 0.4) is 0 Å². The molecule has 0 atom stereocenters. The highest BCUT2D eigenvalue weighted by atomic mass is 16.2. The van der Waals surface area contributed by atoms with Crippen molar-refractivity contribution in [2.75, 3.05) is 51.1 Å². The number of nitrogens with zero attached hydrogens (tertiary/aromatic N) is 3. The zero-order valence-corrected chi connectivity index (χ0v) is 11.1. The van der Waals surface area contributed by atoms with Crippen molar-refractivity contribution < 1.29 is 4.79 Å². The quantitative estimate of drug-likeness (QED) is 0.756. The standard InChI is InChI=1S/C13H21N5O/c14-3-5-17-6-8-18(9-7-17)11-13(19)16-12-2-1-4-15-10-12/h1-2,4,10H,3,5-9,11,14H2,(H,16,19). The van der Waals surface area contributed by atoms with E-state index in [9.17, 15) is 4.79 Å². The van der Waals surface area contributed by atoms with Crippen LogP contribution in [0.5, 0.6) is 0 Å². The van der Waals surface area contributed by atoms with Crippen molar-refractivity contribution in [3.05, 3.63) is 24.5 Å². The summed E-state index contributed by atoms with van der Waals surface area (Å²) in [6.45, 7) is 5.87. The average Bonchev–Trinajstić information content (AvgIpc) is 2.42. The van der Waals surface area contributed by atoms with E-state index in [1.807, 2.05) is 6.07 Å². The molecule has 0 unspecified atom stereocenters. The van der Waals surface area contributed by atoms with E-state index in [4.69, 9.17) is 5.73 Å². The SMILES string of the molecule is NCCN1CCN(CC(=O)Nc2cccnc2)CC1. The zero-order valence-electron chi connectivity index (χ0n) is 11.1. The summed E-state index contributed by atoms with van der Waals surface area (Å²) < 4.78 is 0. The van der Waals surface area contributed by atoms with Crippen molar-refractivity contribution >= 4 is 11.6 Å². The highest BCUT2D eigenvalue weighted by Gasteiger charge is 2.18. The van der Waals surface area contributed by atoms with Gasteiger partial charge < -0.3 is 11.1 Å². The van der Waals surface area contributed by atoms with Crippen molar-refractivity contribution in [3.8, 4) is 0 Å². The first-order valence-electron chi connectivity index (χ1n) is 6.62. The number of amides is 1. The minimum Gasteiger partial charge on any atom is -0.329 e. The molecule has 1 fully saturated rings. The van der Waals surface area contributed by atoms with Crippen LogP contribution < -0.4 is 11.1 Å². The predicted octanol–water partition coefficient (Wildman–Crippen LogP) is -0.404. The van der Waals surface area contributed by atoms with Crippen molar-refractivity contribution in [3.63, 3.8) is 0 Å². The summed E-state index contributed by atoms with van der Waals surface area (Å²) in [6, 6.07) is 3.64. The topological polar surface area (TPSA) is 74.5 Å². The van der Waals surface area contributed by atoms with Crippen LogP contribution in [0.4, 0.5) is 5.69 Å². The van der Waals surface area contributed by atoms with Crippen LogP contribution in [0.2, 0.25) is 0 Å². The number of hydrogen-bond acceptors (Lipinski definition) is 5. The molecule has 0 aliphatic carbocycles. The molecular formula is C13H21N5O. The molecule has 1 aliphatic heterocycles. The molecule has 0 aromatic carbocycles. The number of aromatic nitrogens is 1. The number of piperazine rings is 1. The molecule has 1 aromatic heterocycles. The molecule has 1 aliphatic rings. The Balaban J connectivity index is 1.72. The minimum absolute atomic E-state index is 0.0141. The molecule has 104 valence electrons. The largest absolute Gasteiger partial charge is 0.329 e. The lowest BCUT2D eigenvalue weighted by molar-refractivity contribution is -0.117. The molecular weight excluding hydrogens is 242 g/mol. The molecule has 6 heteroatoms. The van der Waals surface area contributed by atoms with Gasteiger partial charge in [-0.15, -0.1) is 0 Å². The Hall–Kier alpha value is -1.50. The normalized spacial score (nSPS) is 17.3. The Morgan fingerprint density at radius 3 is 2.68 bits per heavy atom. The van der Waals surface area contributed by atoms with Gasteiger partial charge in [0.15, 0.2) is 0 Å². The van der Waals surface area contributed by atoms with Gasteiger partial charge in [0.25, 0.3) is 0 Å². The van der Waals surface area contributed by atoms with Crippen LogP contribution in [0.25, 0.3) is 0 Å². The molecule has 2 heterocycles. The van der Waals surface area contributed by atoms with E-state index in [1.54, 1.807) is 18.5 Å². The number of carbonyl (C=O) groups excluding carboxylic acids is 1. The van der Waals surface area contributed by atoms with E-state index >= 15 is 0 Å². The predicted molar refractivity (Wildman–Crippen MR) is 74.8 cm³/mol. The first kappa shape index (κ1) is 13.9. The van der Waals surface area contributed by atoms with Gasteiger partial charge >= 0.3 is 0 Å². The average molecular weight is 263 g/mol. The van der Waals surface area contributed by atoms with Crippen molar-refractivity contribution in [2.45, 2.75) is 0 Å². The lowest BCUT2D eigenvalue weighted by Crippen LogP contribution is -2.49. The third-order valence-electron chi connectivity index (χ3n) is 3.22. The second kappa shape index (κ2) is 7.18. The third-order valence-corrected chi connectivity index (χ3v) is 3.22. The van der Waals surface area contributed by atoms with Gasteiger partial charge in [0.05, 0.1) is 18.4 Å². The van der Waals surface area contributed by atoms with E-state index in [-0.39, 0.29) is 5.91 Å². The first-order valence-corrected chi connectivity index (χ1v) is 6.62. The molecule has 1 aromatic rings. The van der Waals surface area contributed by atoms with Gasteiger partial charge in [-0.2, -0.15) is 0 Å². The van der Waals surface area contributed by atoms with E-state index < -0.39 is 0 Å². The maximum Gasteiger partial charge on any atom is 0.238 e. The summed E-state index contributed by atoms with van der Waals surface area (Å²) in [4.78, 5) is 20.3. The second-order valence-electron chi connectivity index (χ2n) is 4.70. The Labute approximate surface area is 113 Å². The van der Waals surface area contributed by atoms with Gasteiger partial charge in [-0.05, 0) is 12.1 Å². The number of anilines is 1. The van der Waals surface area contributed by atoms with Crippen molar-refractivity contribution in [2.24, 2.45) is 5.73 Å². The number of rotatable bonds is 5. The summed E-state index contributed by atoms with van der Waals surface area (Å²) in [7, 11) is 0. The van der Waals surface area contributed by atoms with E-state index in [2.05, 4.69) is 20.1 Å². The van der Waals surface area contributed by atoms with Crippen LogP contribution in [0.15, 0.2) is 24.5 Å². The molecule has 19 heavy (non-hydrogen) atoms. The summed E-state index contributed by atoms with van der Waals surface area (Å²) in [5.74, 6) is 0.0141. The highest BCUT2D eigenvalue weighted by molar-refractivity contribution is 5.92. The molecule has 2 rings (SSSR count). The lowest BCUT2D eigenvalue weighted by atomic mass is 10.3. The maximum absolute atomic E-state index is 11.9. The van der Waals surface area contributed by atoms with Gasteiger partial charge in [0, 0.05) is 45.5 Å². The number of hydrogen-bond donors (Lipinski definition) is 2. The number of nitrogens with two attached hydrogens (primary N) is 1. The molecule has 1 saturated heterocycles. The van der Waals surface area contributed by atoms with Crippen LogP contribution in [-0.2, 0) is 4.79 Å². The van der Waals surface area contributed by atoms with E-state index in [1.165, 1.54) is 0 Å². The van der Waals surface area contributed by atoms with E-state index in [0.717, 1.165) is 38.4 Å². The first-order chi connectivity index (χ1) is 9.28. The monoisotopic (exact) mass is 263 g/mol. The Bertz CT molecular complexity index is 389. The Morgan fingerprint density at radius 1 is 1.32 bits per heavy atom. The van der Waals surface area contributed by atoms with E-state index in [0.29, 0.717) is 13.1 Å². The third kappa shape index (κ3) is 4.59. The van der Waals surface area contributed by atoms with Crippen LogP contribution in [-0.4, -0.2) is 66.5 Å².